The van der Waals surface area contributed by atoms with Gasteiger partial charge >= 0.3 is 12.1 Å². The molecule has 0 saturated heterocycles. The number of carbonyl (C=O) groups is 2. The van der Waals surface area contributed by atoms with Gasteiger partial charge in [-0.05, 0) is 30.9 Å². The van der Waals surface area contributed by atoms with Crippen LogP contribution >= 0.6 is 0 Å². The SMILES string of the molecule is C=C(C)C(C(=O)O)N(C(=O)OCc1ccccc1)C1CC1. The van der Waals surface area contributed by atoms with Crippen molar-refractivity contribution in [2.45, 2.75) is 38.5 Å². The summed E-state index contributed by atoms with van der Waals surface area (Å²) in [5, 5.41) is 9.31. The van der Waals surface area contributed by atoms with Gasteiger partial charge in [0.25, 0.3) is 0 Å². The number of ether oxygens (including phenoxy) is 1. The standard InChI is InChI=1S/C16H19NO4/c1-11(2)14(15(18)19)17(13-8-9-13)16(20)21-10-12-6-4-3-5-7-12/h3-7,13-14H,1,8-10H2,2H3,(H,18,19). The number of amides is 1. The molecular formula is C16H19NO4. The Morgan fingerprint density at radius 2 is 2.00 bits per heavy atom. The van der Waals surface area contributed by atoms with Crippen LogP contribution < -0.4 is 0 Å². The summed E-state index contributed by atoms with van der Waals surface area (Å²) < 4.78 is 5.26. The summed E-state index contributed by atoms with van der Waals surface area (Å²) in [4.78, 5) is 24.9. The fourth-order valence-electron chi connectivity index (χ4n) is 2.18. The lowest BCUT2D eigenvalue weighted by atomic mass is 10.1. The molecule has 0 radical (unpaired) electrons. The number of benzene rings is 1. The molecule has 21 heavy (non-hydrogen) atoms. The molecule has 1 amide bonds. The summed E-state index contributed by atoms with van der Waals surface area (Å²) >= 11 is 0. The van der Waals surface area contributed by atoms with Gasteiger partial charge in [-0.25, -0.2) is 9.59 Å². The van der Waals surface area contributed by atoms with E-state index in [4.69, 9.17) is 4.74 Å². The van der Waals surface area contributed by atoms with E-state index < -0.39 is 18.1 Å². The zero-order chi connectivity index (χ0) is 15.4. The van der Waals surface area contributed by atoms with Crippen LogP contribution in [0.15, 0.2) is 42.5 Å². The first-order valence-corrected chi connectivity index (χ1v) is 6.88. The largest absolute Gasteiger partial charge is 0.479 e. The van der Waals surface area contributed by atoms with E-state index in [1.54, 1.807) is 6.92 Å². The van der Waals surface area contributed by atoms with Gasteiger partial charge in [-0.3, -0.25) is 4.90 Å². The summed E-state index contributed by atoms with van der Waals surface area (Å²) in [6.07, 6.45) is 1.01. The third-order valence-corrected chi connectivity index (χ3v) is 3.34. The van der Waals surface area contributed by atoms with Gasteiger partial charge in [0.2, 0.25) is 0 Å². The molecule has 1 saturated carbocycles. The predicted octanol–water partition coefficient (Wildman–Crippen LogP) is 2.82. The van der Waals surface area contributed by atoms with Crippen LogP contribution in [0.5, 0.6) is 0 Å². The number of carboxylic acid groups (broad SMARTS) is 1. The van der Waals surface area contributed by atoms with Gasteiger partial charge in [0.15, 0.2) is 6.04 Å². The normalized spacial score (nSPS) is 15.1. The van der Waals surface area contributed by atoms with Gasteiger partial charge < -0.3 is 9.84 Å². The number of aliphatic carboxylic acids is 1. The molecule has 1 aromatic rings. The minimum atomic E-state index is -1.08. The van der Waals surface area contributed by atoms with Crippen LogP contribution in [-0.4, -0.2) is 34.2 Å². The molecule has 1 aliphatic carbocycles. The summed E-state index contributed by atoms with van der Waals surface area (Å²) in [5.74, 6) is -1.08. The molecule has 1 aliphatic rings. The topological polar surface area (TPSA) is 66.8 Å². The fraction of sp³-hybridized carbons (Fsp3) is 0.375. The van der Waals surface area contributed by atoms with Crippen molar-refractivity contribution >= 4 is 12.1 Å². The molecule has 1 fully saturated rings. The second-order valence-electron chi connectivity index (χ2n) is 5.27. The summed E-state index contributed by atoms with van der Waals surface area (Å²) in [7, 11) is 0. The first-order chi connectivity index (χ1) is 10.0. The molecule has 2 rings (SSSR count). The molecule has 0 aliphatic heterocycles. The maximum atomic E-state index is 12.2. The van der Waals surface area contributed by atoms with Crippen LogP contribution in [0.4, 0.5) is 4.79 Å². The number of hydrogen-bond acceptors (Lipinski definition) is 3. The van der Waals surface area contributed by atoms with E-state index in [9.17, 15) is 14.7 Å². The Morgan fingerprint density at radius 1 is 1.38 bits per heavy atom. The van der Waals surface area contributed by atoms with Crippen molar-refractivity contribution in [3.05, 3.63) is 48.0 Å². The third-order valence-electron chi connectivity index (χ3n) is 3.34. The number of carbonyl (C=O) groups excluding carboxylic acids is 1. The zero-order valence-corrected chi connectivity index (χ0v) is 12.0. The molecule has 0 aromatic heterocycles. The van der Waals surface area contributed by atoms with E-state index in [0.29, 0.717) is 5.57 Å². The molecule has 1 N–H and O–H groups in total. The molecule has 1 aromatic carbocycles. The molecule has 0 bridgehead atoms. The van der Waals surface area contributed by atoms with Crippen LogP contribution in [0.25, 0.3) is 0 Å². The van der Waals surface area contributed by atoms with Crippen molar-refractivity contribution in [2.75, 3.05) is 0 Å². The van der Waals surface area contributed by atoms with E-state index >= 15 is 0 Å². The quantitative estimate of drug-likeness (QED) is 0.818. The van der Waals surface area contributed by atoms with Gasteiger partial charge in [0, 0.05) is 6.04 Å². The van der Waals surface area contributed by atoms with Crippen molar-refractivity contribution < 1.29 is 19.4 Å². The van der Waals surface area contributed by atoms with Gasteiger partial charge in [0.1, 0.15) is 6.61 Å². The Labute approximate surface area is 123 Å². The molecule has 0 spiro atoms. The highest BCUT2D eigenvalue weighted by Crippen LogP contribution is 2.31. The molecule has 1 atom stereocenters. The Morgan fingerprint density at radius 3 is 2.48 bits per heavy atom. The first kappa shape index (κ1) is 15.1. The number of nitrogens with zero attached hydrogens (tertiary/aromatic N) is 1. The van der Waals surface area contributed by atoms with Crippen LogP contribution in [-0.2, 0) is 16.1 Å². The Bertz CT molecular complexity index is 522. The van der Waals surface area contributed by atoms with E-state index in [0.717, 1.165) is 18.4 Å². The third kappa shape index (κ3) is 3.84. The number of rotatable bonds is 6. The highest BCUT2D eigenvalue weighted by Gasteiger charge is 2.42. The zero-order valence-electron chi connectivity index (χ0n) is 12.0. The molecular weight excluding hydrogens is 270 g/mol. The van der Waals surface area contributed by atoms with Gasteiger partial charge in [-0.1, -0.05) is 36.9 Å². The van der Waals surface area contributed by atoms with E-state index in [-0.39, 0.29) is 12.6 Å². The van der Waals surface area contributed by atoms with Crippen molar-refractivity contribution in [1.82, 2.24) is 4.90 Å². The van der Waals surface area contributed by atoms with E-state index in [1.165, 1.54) is 4.90 Å². The number of hydrogen-bond donors (Lipinski definition) is 1. The minimum Gasteiger partial charge on any atom is -0.479 e. The Kier molecular flexibility index (Phi) is 4.62. The maximum Gasteiger partial charge on any atom is 0.411 e. The predicted molar refractivity (Wildman–Crippen MR) is 77.7 cm³/mol. The van der Waals surface area contributed by atoms with Gasteiger partial charge in [0.05, 0.1) is 0 Å². The van der Waals surface area contributed by atoms with Gasteiger partial charge in [-0.15, -0.1) is 0 Å². The van der Waals surface area contributed by atoms with E-state index in [1.807, 2.05) is 30.3 Å². The second kappa shape index (κ2) is 6.43. The second-order valence-corrected chi connectivity index (χ2v) is 5.27. The Hall–Kier alpha value is -2.30. The average Bonchev–Trinajstić information content (AvgIpc) is 3.26. The summed E-state index contributed by atoms with van der Waals surface area (Å²) in [5.41, 5.74) is 1.29. The Balaban J connectivity index is 2.05. The lowest BCUT2D eigenvalue weighted by molar-refractivity contribution is -0.141. The van der Waals surface area contributed by atoms with Crippen LogP contribution in [0.3, 0.4) is 0 Å². The first-order valence-electron chi connectivity index (χ1n) is 6.88. The van der Waals surface area contributed by atoms with Crippen LogP contribution in [0, 0.1) is 0 Å². The maximum absolute atomic E-state index is 12.2. The van der Waals surface area contributed by atoms with Crippen molar-refractivity contribution in [2.24, 2.45) is 0 Å². The lowest BCUT2D eigenvalue weighted by Crippen LogP contribution is -2.47. The number of carboxylic acids is 1. The van der Waals surface area contributed by atoms with Gasteiger partial charge in [-0.2, -0.15) is 0 Å². The smallest absolute Gasteiger partial charge is 0.411 e. The summed E-state index contributed by atoms with van der Waals surface area (Å²) in [6, 6.07) is 8.20. The molecule has 5 nitrogen and oxygen atoms in total. The van der Waals surface area contributed by atoms with Crippen molar-refractivity contribution in [3.63, 3.8) is 0 Å². The summed E-state index contributed by atoms with van der Waals surface area (Å²) in [6.45, 7) is 5.42. The minimum absolute atomic E-state index is 0.0638. The average molecular weight is 289 g/mol. The van der Waals surface area contributed by atoms with E-state index in [2.05, 4.69) is 6.58 Å². The molecule has 5 heteroatoms. The van der Waals surface area contributed by atoms with Crippen molar-refractivity contribution in [3.8, 4) is 0 Å². The highest BCUT2D eigenvalue weighted by molar-refractivity contribution is 5.83. The highest BCUT2D eigenvalue weighted by atomic mass is 16.6. The lowest BCUT2D eigenvalue weighted by Gasteiger charge is -2.28. The monoisotopic (exact) mass is 289 g/mol. The molecule has 0 heterocycles. The van der Waals surface area contributed by atoms with Crippen molar-refractivity contribution in [1.29, 1.82) is 0 Å². The molecule has 1 unspecified atom stereocenters. The fourth-order valence-corrected chi connectivity index (χ4v) is 2.18. The molecule has 112 valence electrons. The van der Waals surface area contributed by atoms with Crippen LogP contribution in [0.1, 0.15) is 25.3 Å². The van der Waals surface area contributed by atoms with Crippen LogP contribution in [0.2, 0.25) is 0 Å².